The Balaban J connectivity index is 2.11. The second-order valence-corrected chi connectivity index (χ2v) is 5.76. The van der Waals surface area contributed by atoms with Crippen molar-refractivity contribution in [1.82, 2.24) is 0 Å². The Bertz CT molecular complexity index is 494. The van der Waals surface area contributed by atoms with Crippen LogP contribution in [0.2, 0.25) is 0 Å². The number of rotatable bonds is 3. The van der Waals surface area contributed by atoms with Crippen LogP contribution < -0.4 is 5.32 Å². The standard InChI is InChI=1S/C14H13Br2N/c1-10(11-5-7-12(15)8-6-11)17-14-4-2-3-13(16)9-14/h2-10,17H,1H3. The molecule has 0 heterocycles. The average Bonchev–Trinajstić information content (AvgIpc) is 2.29. The van der Waals surface area contributed by atoms with Gasteiger partial charge in [-0.25, -0.2) is 0 Å². The zero-order valence-electron chi connectivity index (χ0n) is 9.45. The smallest absolute Gasteiger partial charge is 0.0485 e. The third-order valence-electron chi connectivity index (χ3n) is 2.58. The van der Waals surface area contributed by atoms with Gasteiger partial charge in [0.2, 0.25) is 0 Å². The molecule has 0 fully saturated rings. The Morgan fingerprint density at radius 3 is 2.29 bits per heavy atom. The van der Waals surface area contributed by atoms with Crippen molar-refractivity contribution in [2.45, 2.75) is 13.0 Å². The van der Waals surface area contributed by atoms with Crippen LogP contribution in [0.25, 0.3) is 0 Å². The van der Waals surface area contributed by atoms with Gasteiger partial charge in [0.05, 0.1) is 0 Å². The lowest BCUT2D eigenvalue weighted by Gasteiger charge is -2.16. The van der Waals surface area contributed by atoms with Gasteiger partial charge >= 0.3 is 0 Å². The van der Waals surface area contributed by atoms with Crippen LogP contribution in [0.1, 0.15) is 18.5 Å². The second-order valence-electron chi connectivity index (χ2n) is 3.93. The first-order chi connectivity index (χ1) is 8.15. The molecule has 0 bridgehead atoms. The number of nitrogens with one attached hydrogen (secondary N) is 1. The van der Waals surface area contributed by atoms with Crippen molar-refractivity contribution < 1.29 is 0 Å². The minimum atomic E-state index is 0.289. The molecule has 0 aliphatic rings. The van der Waals surface area contributed by atoms with Crippen LogP contribution >= 0.6 is 31.9 Å². The molecule has 0 saturated heterocycles. The summed E-state index contributed by atoms with van der Waals surface area (Å²) in [6.07, 6.45) is 0. The number of hydrogen-bond donors (Lipinski definition) is 1. The summed E-state index contributed by atoms with van der Waals surface area (Å²) in [5.41, 5.74) is 2.39. The van der Waals surface area contributed by atoms with Crippen molar-refractivity contribution in [2.24, 2.45) is 0 Å². The van der Waals surface area contributed by atoms with E-state index in [0.717, 1.165) is 14.6 Å². The lowest BCUT2D eigenvalue weighted by Crippen LogP contribution is -2.06. The molecule has 0 amide bonds. The van der Waals surface area contributed by atoms with E-state index in [0.29, 0.717) is 0 Å². The third-order valence-corrected chi connectivity index (χ3v) is 3.60. The number of halogens is 2. The molecule has 1 nitrogen and oxygen atoms in total. The van der Waals surface area contributed by atoms with E-state index in [1.807, 2.05) is 12.1 Å². The van der Waals surface area contributed by atoms with Crippen molar-refractivity contribution in [1.29, 1.82) is 0 Å². The first-order valence-corrected chi connectivity index (χ1v) is 7.01. The average molecular weight is 355 g/mol. The van der Waals surface area contributed by atoms with Crippen molar-refractivity contribution in [3.63, 3.8) is 0 Å². The molecule has 0 aliphatic heterocycles. The van der Waals surface area contributed by atoms with E-state index in [-0.39, 0.29) is 6.04 Å². The summed E-state index contributed by atoms with van der Waals surface area (Å²) in [7, 11) is 0. The molecule has 0 spiro atoms. The van der Waals surface area contributed by atoms with Crippen molar-refractivity contribution in [3.8, 4) is 0 Å². The number of anilines is 1. The summed E-state index contributed by atoms with van der Waals surface area (Å²) in [5, 5.41) is 3.47. The van der Waals surface area contributed by atoms with Gasteiger partial charge in [-0.15, -0.1) is 0 Å². The molecule has 1 N–H and O–H groups in total. The van der Waals surface area contributed by atoms with Crippen LogP contribution in [-0.4, -0.2) is 0 Å². The zero-order valence-corrected chi connectivity index (χ0v) is 12.6. The van der Waals surface area contributed by atoms with Crippen molar-refractivity contribution in [3.05, 3.63) is 63.0 Å². The molecular formula is C14H13Br2N. The highest BCUT2D eigenvalue weighted by Gasteiger charge is 2.04. The molecule has 2 aromatic carbocycles. The van der Waals surface area contributed by atoms with Gasteiger partial charge < -0.3 is 5.32 Å². The van der Waals surface area contributed by atoms with Crippen LogP contribution in [0.4, 0.5) is 5.69 Å². The maximum atomic E-state index is 3.47. The maximum absolute atomic E-state index is 3.47. The van der Waals surface area contributed by atoms with Gasteiger partial charge in [0.15, 0.2) is 0 Å². The topological polar surface area (TPSA) is 12.0 Å². The fourth-order valence-corrected chi connectivity index (χ4v) is 2.33. The van der Waals surface area contributed by atoms with E-state index < -0.39 is 0 Å². The predicted molar refractivity (Wildman–Crippen MR) is 80.3 cm³/mol. The van der Waals surface area contributed by atoms with Crippen molar-refractivity contribution in [2.75, 3.05) is 5.32 Å². The Kier molecular flexibility index (Phi) is 4.24. The van der Waals surface area contributed by atoms with E-state index in [9.17, 15) is 0 Å². The molecule has 3 heteroatoms. The maximum Gasteiger partial charge on any atom is 0.0485 e. The first-order valence-electron chi connectivity index (χ1n) is 5.43. The van der Waals surface area contributed by atoms with Gasteiger partial charge in [-0.3, -0.25) is 0 Å². The van der Waals surface area contributed by atoms with Gasteiger partial charge in [0, 0.05) is 20.7 Å². The van der Waals surface area contributed by atoms with Crippen LogP contribution in [0.15, 0.2) is 57.5 Å². The third kappa shape index (κ3) is 3.58. The van der Waals surface area contributed by atoms with Crippen LogP contribution in [0.5, 0.6) is 0 Å². The molecule has 17 heavy (non-hydrogen) atoms. The first kappa shape index (κ1) is 12.7. The summed E-state index contributed by atoms with van der Waals surface area (Å²) in [6.45, 7) is 2.16. The minimum absolute atomic E-state index is 0.289. The van der Waals surface area contributed by atoms with E-state index in [4.69, 9.17) is 0 Å². The minimum Gasteiger partial charge on any atom is -0.378 e. The highest BCUT2D eigenvalue weighted by atomic mass is 79.9. The normalized spacial score (nSPS) is 12.2. The van der Waals surface area contributed by atoms with Gasteiger partial charge in [0.25, 0.3) is 0 Å². The highest BCUT2D eigenvalue weighted by Crippen LogP contribution is 2.23. The molecule has 0 aliphatic carbocycles. The lowest BCUT2D eigenvalue weighted by atomic mass is 10.1. The fraction of sp³-hybridized carbons (Fsp3) is 0.143. The molecular weight excluding hydrogens is 342 g/mol. The van der Waals surface area contributed by atoms with E-state index in [1.165, 1.54) is 5.56 Å². The Morgan fingerprint density at radius 2 is 1.65 bits per heavy atom. The lowest BCUT2D eigenvalue weighted by molar-refractivity contribution is 0.884. The van der Waals surface area contributed by atoms with Gasteiger partial charge in [-0.1, -0.05) is 50.1 Å². The number of hydrogen-bond acceptors (Lipinski definition) is 1. The molecule has 2 rings (SSSR count). The summed E-state index contributed by atoms with van der Waals surface area (Å²) in [4.78, 5) is 0. The van der Waals surface area contributed by atoms with E-state index >= 15 is 0 Å². The summed E-state index contributed by atoms with van der Waals surface area (Å²) >= 11 is 6.92. The summed E-state index contributed by atoms with van der Waals surface area (Å²) in [6, 6.07) is 16.9. The van der Waals surface area contributed by atoms with E-state index in [1.54, 1.807) is 0 Å². The zero-order chi connectivity index (χ0) is 12.3. The molecule has 2 aromatic rings. The quantitative estimate of drug-likeness (QED) is 0.779. The highest BCUT2D eigenvalue weighted by molar-refractivity contribution is 9.10. The van der Waals surface area contributed by atoms with Gasteiger partial charge in [-0.2, -0.15) is 0 Å². The van der Waals surface area contributed by atoms with E-state index in [2.05, 4.69) is 80.5 Å². The Labute approximate surface area is 119 Å². The second kappa shape index (κ2) is 5.69. The molecule has 1 unspecified atom stereocenters. The summed E-state index contributed by atoms with van der Waals surface area (Å²) in [5.74, 6) is 0. The molecule has 1 atom stereocenters. The Hall–Kier alpha value is -0.800. The molecule has 0 aromatic heterocycles. The molecule has 0 radical (unpaired) electrons. The van der Waals surface area contributed by atoms with Crippen LogP contribution in [-0.2, 0) is 0 Å². The fourth-order valence-electron chi connectivity index (χ4n) is 1.66. The monoisotopic (exact) mass is 353 g/mol. The van der Waals surface area contributed by atoms with Gasteiger partial charge in [0.1, 0.15) is 0 Å². The summed E-state index contributed by atoms with van der Waals surface area (Å²) < 4.78 is 2.20. The molecule has 0 saturated carbocycles. The van der Waals surface area contributed by atoms with Gasteiger partial charge in [-0.05, 0) is 42.8 Å². The SMILES string of the molecule is CC(Nc1cccc(Br)c1)c1ccc(Br)cc1. The molecule has 88 valence electrons. The van der Waals surface area contributed by atoms with Crippen LogP contribution in [0, 0.1) is 0 Å². The van der Waals surface area contributed by atoms with Crippen LogP contribution in [0.3, 0.4) is 0 Å². The Morgan fingerprint density at radius 1 is 0.941 bits per heavy atom. The largest absolute Gasteiger partial charge is 0.378 e. The number of benzene rings is 2. The predicted octanol–water partition coefficient (Wildman–Crippen LogP) is 5.38. The van der Waals surface area contributed by atoms with Crippen molar-refractivity contribution >= 4 is 37.5 Å².